The van der Waals surface area contributed by atoms with E-state index in [2.05, 4.69) is 76.3 Å². The van der Waals surface area contributed by atoms with E-state index >= 15 is 0 Å². The fraction of sp³-hybridized carbons (Fsp3) is 0.333. The van der Waals surface area contributed by atoms with Crippen LogP contribution in [-0.2, 0) is 6.42 Å². The lowest BCUT2D eigenvalue weighted by Gasteiger charge is -2.19. The Morgan fingerprint density at radius 1 is 1.15 bits per heavy atom. The average Bonchev–Trinajstić information content (AvgIpc) is 2.97. The minimum Gasteiger partial charge on any atom is -0.371 e. The van der Waals surface area contributed by atoms with Gasteiger partial charge in [-0.15, -0.1) is 0 Å². The second-order valence-electron chi connectivity index (χ2n) is 5.51. The van der Waals surface area contributed by atoms with Gasteiger partial charge in [0, 0.05) is 29.2 Å². The molecule has 0 saturated carbocycles. The molecule has 2 aromatic carbocycles. The summed E-state index contributed by atoms with van der Waals surface area (Å²) in [4.78, 5) is 2.50. The third-order valence-corrected chi connectivity index (χ3v) is 4.71. The molecular formula is C18H20BrN. The van der Waals surface area contributed by atoms with Gasteiger partial charge in [-0.3, -0.25) is 0 Å². The lowest BCUT2D eigenvalue weighted by atomic mass is 9.99. The minimum absolute atomic E-state index is 0.651. The number of halogens is 1. The van der Waals surface area contributed by atoms with Crippen LogP contribution < -0.4 is 4.90 Å². The van der Waals surface area contributed by atoms with Gasteiger partial charge in [-0.2, -0.15) is 0 Å². The van der Waals surface area contributed by atoms with Crippen molar-refractivity contribution < 1.29 is 0 Å². The van der Waals surface area contributed by atoms with Crippen molar-refractivity contribution in [3.8, 4) is 0 Å². The monoisotopic (exact) mass is 329 g/mol. The Bertz CT molecular complexity index is 576. The predicted molar refractivity (Wildman–Crippen MR) is 89.5 cm³/mol. The molecule has 0 aromatic heterocycles. The molecule has 0 aliphatic carbocycles. The van der Waals surface area contributed by atoms with E-state index in [9.17, 15) is 0 Å². The van der Waals surface area contributed by atoms with Gasteiger partial charge in [0.1, 0.15) is 0 Å². The third-order valence-electron chi connectivity index (χ3n) is 4.22. The fourth-order valence-electron chi connectivity index (χ4n) is 2.97. The molecule has 0 N–H and O–H groups in total. The number of anilines is 1. The molecule has 20 heavy (non-hydrogen) atoms. The van der Waals surface area contributed by atoms with Gasteiger partial charge < -0.3 is 4.90 Å². The maximum absolute atomic E-state index is 3.57. The number of hydrogen-bond acceptors (Lipinski definition) is 1. The minimum atomic E-state index is 0.651. The molecule has 1 saturated heterocycles. The summed E-state index contributed by atoms with van der Waals surface area (Å²) in [7, 11) is 0. The van der Waals surface area contributed by atoms with Crippen molar-refractivity contribution in [1.82, 2.24) is 0 Å². The molecule has 1 aliphatic heterocycles. The summed E-state index contributed by atoms with van der Waals surface area (Å²) in [6, 6.07) is 17.8. The van der Waals surface area contributed by atoms with Crippen LogP contribution in [0.1, 0.15) is 30.4 Å². The molecule has 0 amide bonds. The Labute approximate surface area is 129 Å². The van der Waals surface area contributed by atoms with Gasteiger partial charge in [0.05, 0.1) is 0 Å². The van der Waals surface area contributed by atoms with Gasteiger partial charge >= 0.3 is 0 Å². The van der Waals surface area contributed by atoms with Crippen LogP contribution in [0, 0.1) is 0 Å². The highest BCUT2D eigenvalue weighted by Gasteiger charge is 2.24. The smallest absolute Gasteiger partial charge is 0.0366 e. The molecule has 104 valence electrons. The Hall–Kier alpha value is -1.28. The van der Waals surface area contributed by atoms with Gasteiger partial charge in [0.15, 0.2) is 0 Å². The molecule has 1 heterocycles. The fourth-order valence-corrected chi connectivity index (χ4v) is 3.39. The van der Waals surface area contributed by atoms with Crippen LogP contribution >= 0.6 is 15.9 Å². The zero-order valence-electron chi connectivity index (χ0n) is 11.8. The van der Waals surface area contributed by atoms with Gasteiger partial charge in [-0.25, -0.2) is 0 Å². The van der Waals surface area contributed by atoms with E-state index in [0.29, 0.717) is 5.92 Å². The molecule has 1 aliphatic rings. The number of hydrogen-bond donors (Lipinski definition) is 0. The van der Waals surface area contributed by atoms with E-state index in [-0.39, 0.29) is 0 Å². The van der Waals surface area contributed by atoms with Crippen LogP contribution in [0.3, 0.4) is 0 Å². The van der Waals surface area contributed by atoms with Crippen LogP contribution in [0.4, 0.5) is 5.69 Å². The topological polar surface area (TPSA) is 3.24 Å². The maximum Gasteiger partial charge on any atom is 0.0366 e. The van der Waals surface area contributed by atoms with Crippen molar-refractivity contribution in [2.45, 2.75) is 25.7 Å². The molecule has 0 bridgehead atoms. The lowest BCUT2D eigenvalue weighted by molar-refractivity contribution is 0.774. The van der Waals surface area contributed by atoms with Crippen molar-refractivity contribution in [2.24, 2.45) is 0 Å². The highest BCUT2D eigenvalue weighted by atomic mass is 79.9. The van der Waals surface area contributed by atoms with E-state index < -0.39 is 0 Å². The van der Waals surface area contributed by atoms with Gasteiger partial charge in [-0.05, 0) is 48.2 Å². The summed E-state index contributed by atoms with van der Waals surface area (Å²) >= 11 is 3.57. The Morgan fingerprint density at radius 3 is 2.65 bits per heavy atom. The Balaban J connectivity index is 1.72. The standard InChI is InChI=1S/C18H20BrN/c1-2-14-6-8-18(9-7-14)20-11-10-16(13-20)15-4-3-5-17(19)12-15/h3-9,12,16H,2,10-11,13H2,1H3. The second-order valence-corrected chi connectivity index (χ2v) is 6.42. The van der Waals surface area contributed by atoms with Crippen LogP contribution in [0.5, 0.6) is 0 Å². The van der Waals surface area contributed by atoms with Crippen molar-refractivity contribution in [1.29, 1.82) is 0 Å². The van der Waals surface area contributed by atoms with Crippen molar-refractivity contribution in [2.75, 3.05) is 18.0 Å². The second kappa shape index (κ2) is 6.01. The normalized spacial score (nSPS) is 18.5. The quantitative estimate of drug-likeness (QED) is 0.765. The third kappa shape index (κ3) is 2.90. The molecule has 3 rings (SSSR count). The van der Waals surface area contributed by atoms with Gasteiger partial charge in [-0.1, -0.05) is 47.1 Å². The first-order valence-electron chi connectivity index (χ1n) is 7.35. The number of aryl methyl sites for hydroxylation is 1. The van der Waals surface area contributed by atoms with Crippen LogP contribution in [-0.4, -0.2) is 13.1 Å². The number of nitrogens with zero attached hydrogens (tertiary/aromatic N) is 1. The molecule has 1 fully saturated rings. The van der Waals surface area contributed by atoms with Crippen LogP contribution in [0.25, 0.3) is 0 Å². The predicted octanol–water partition coefficient (Wildman–Crippen LogP) is 5.01. The number of rotatable bonds is 3. The molecule has 2 aromatic rings. The van der Waals surface area contributed by atoms with Gasteiger partial charge in [0.2, 0.25) is 0 Å². The van der Waals surface area contributed by atoms with E-state index in [1.54, 1.807) is 0 Å². The lowest BCUT2D eigenvalue weighted by Crippen LogP contribution is -2.19. The SMILES string of the molecule is CCc1ccc(N2CCC(c3cccc(Br)c3)C2)cc1. The maximum atomic E-state index is 3.57. The molecular weight excluding hydrogens is 310 g/mol. The van der Waals surface area contributed by atoms with Gasteiger partial charge in [0.25, 0.3) is 0 Å². The molecule has 1 atom stereocenters. The van der Waals surface area contributed by atoms with Crippen LogP contribution in [0.2, 0.25) is 0 Å². The average molecular weight is 330 g/mol. The van der Waals surface area contributed by atoms with E-state index in [1.165, 1.54) is 27.7 Å². The van der Waals surface area contributed by atoms with Crippen molar-refractivity contribution >= 4 is 21.6 Å². The summed E-state index contributed by atoms with van der Waals surface area (Å²) in [6.45, 7) is 4.48. The zero-order chi connectivity index (χ0) is 13.9. The van der Waals surface area contributed by atoms with E-state index in [0.717, 1.165) is 19.5 Å². The summed E-state index contributed by atoms with van der Waals surface area (Å²) < 4.78 is 1.18. The zero-order valence-corrected chi connectivity index (χ0v) is 13.4. The summed E-state index contributed by atoms with van der Waals surface area (Å²) in [5.41, 5.74) is 4.23. The van der Waals surface area contributed by atoms with Crippen molar-refractivity contribution in [3.63, 3.8) is 0 Å². The molecule has 1 nitrogen and oxygen atoms in total. The highest BCUT2D eigenvalue weighted by molar-refractivity contribution is 9.10. The first kappa shape index (κ1) is 13.7. The largest absolute Gasteiger partial charge is 0.371 e. The first-order valence-corrected chi connectivity index (χ1v) is 8.15. The Kier molecular flexibility index (Phi) is 4.11. The molecule has 0 spiro atoms. The van der Waals surface area contributed by atoms with Crippen molar-refractivity contribution in [3.05, 3.63) is 64.1 Å². The molecule has 0 radical (unpaired) electrons. The molecule has 2 heteroatoms. The molecule has 1 unspecified atom stereocenters. The van der Waals surface area contributed by atoms with E-state index in [4.69, 9.17) is 0 Å². The number of benzene rings is 2. The summed E-state index contributed by atoms with van der Waals surface area (Å²) in [6.07, 6.45) is 2.35. The highest BCUT2D eigenvalue weighted by Crippen LogP contribution is 2.31. The van der Waals surface area contributed by atoms with E-state index in [1.807, 2.05) is 0 Å². The summed E-state index contributed by atoms with van der Waals surface area (Å²) in [5.74, 6) is 0.651. The first-order chi connectivity index (χ1) is 9.76. The van der Waals surface area contributed by atoms with Crippen LogP contribution in [0.15, 0.2) is 53.0 Å². The summed E-state index contributed by atoms with van der Waals surface area (Å²) in [5, 5.41) is 0. The Morgan fingerprint density at radius 2 is 1.95 bits per heavy atom.